The number of Topliss-reactive ketones (excluding diaryl/α,β-unsaturated/α-hetero) is 1. The number of ketones is 1. The molecule has 0 amide bonds. The predicted octanol–water partition coefficient (Wildman–Crippen LogP) is 2.25. The summed E-state index contributed by atoms with van der Waals surface area (Å²) in [5, 5.41) is 0. The number of benzene rings is 1. The molecule has 0 atom stereocenters. The summed E-state index contributed by atoms with van der Waals surface area (Å²) in [5.41, 5.74) is 1.05. The average molecular weight is 175 g/mol. The number of hydrogen-bond acceptors (Lipinski definition) is 3. The van der Waals surface area contributed by atoms with E-state index in [2.05, 4.69) is 4.99 Å². The lowest BCUT2D eigenvalue weighted by molar-refractivity contribution is 0.0988. The van der Waals surface area contributed by atoms with Crippen LogP contribution in [-0.2, 0) is 4.79 Å². The van der Waals surface area contributed by atoms with Crippen LogP contribution in [-0.4, -0.2) is 11.9 Å². The van der Waals surface area contributed by atoms with Gasteiger partial charge in [0.1, 0.15) is 0 Å². The molecule has 1 rings (SSSR count). The third kappa shape index (κ3) is 2.36. The molecule has 3 heteroatoms. The van der Waals surface area contributed by atoms with Gasteiger partial charge in [0, 0.05) is 12.0 Å². The van der Waals surface area contributed by atoms with Crippen LogP contribution in [0.15, 0.2) is 29.3 Å². The maximum atomic E-state index is 11.2. The van der Waals surface area contributed by atoms with Crippen molar-refractivity contribution in [3.8, 4) is 0 Å². The van der Waals surface area contributed by atoms with Crippen LogP contribution >= 0.6 is 0 Å². The van der Waals surface area contributed by atoms with Crippen molar-refractivity contribution in [1.82, 2.24) is 0 Å². The second-order valence-electron chi connectivity index (χ2n) is 2.53. The maximum absolute atomic E-state index is 11.2. The Kier molecular flexibility index (Phi) is 3.12. The predicted molar refractivity (Wildman–Crippen MR) is 48.8 cm³/mol. The van der Waals surface area contributed by atoms with Gasteiger partial charge in [-0.2, -0.15) is 4.99 Å². The quantitative estimate of drug-likeness (QED) is 0.402. The molecular formula is C10H9NO2. The van der Waals surface area contributed by atoms with Crippen molar-refractivity contribution >= 4 is 17.6 Å². The van der Waals surface area contributed by atoms with Crippen molar-refractivity contribution in [2.45, 2.75) is 13.3 Å². The first kappa shape index (κ1) is 9.36. The summed E-state index contributed by atoms with van der Waals surface area (Å²) in [7, 11) is 0. The van der Waals surface area contributed by atoms with E-state index in [4.69, 9.17) is 0 Å². The summed E-state index contributed by atoms with van der Waals surface area (Å²) < 4.78 is 0. The van der Waals surface area contributed by atoms with Gasteiger partial charge in [0.25, 0.3) is 0 Å². The molecule has 0 saturated carbocycles. The van der Waals surface area contributed by atoms with Crippen LogP contribution in [0, 0.1) is 0 Å². The van der Waals surface area contributed by atoms with Crippen LogP contribution in [0.3, 0.4) is 0 Å². The number of carbonyl (C=O) groups excluding carboxylic acids is 2. The highest BCUT2D eigenvalue weighted by Gasteiger charge is 2.02. The van der Waals surface area contributed by atoms with E-state index in [1.165, 1.54) is 6.08 Å². The Morgan fingerprint density at radius 3 is 2.92 bits per heavy atom. The summed E-state index contributed by atoms with van der Waals surface area (Å²) in [6.45, 7) is 1.79. The largest absolute Gasteiger partial charge is 0.294 e. The molecule has 1 aromatic carbocycles. The van der Waals surface area contributed by atoms with Crippen LogP contribution in [0.5, 0.6) is 0 Å². The monoisotopic (exact) mass is 175 g/mol. The van der Waals surface area contributed by atoms with Gasteiger partial charge >= 0.3 is 0 Å². The van der Waals surface area contributed by atoms with Crippen LogP contribution < -0.4 is 0 Å². The Morgan fingerprint density at radius 1 is 1.54 bits per heavy atom. The Bertz CT molecular complexity index is 365. The fourth-order valence-corrected chi connectivity index (χ4v) is 1.01. The highest BCUT2D eigenvalue weighted by molar-refractivity contribution is 5.96. The van der Waals surface area contributed by atoms with Gasteiger partial charge in [0.05, 0.1) is 5.69 Å². The van der Waals surface area contributed by atoms with Crippen molar-refractivity contribution < 1.29 is 9.59 Å². The van der Waals surface area contributed by atoms with Gasteiger partial charge in [0.15, 0.2) is 5.78 Å². The van der Waals surface area contributed by atoms with E-state index in [0.717, 1.165) is 0 Å². The van der Waals surface area contributed by atoms with Crippen molar-refractivity contribution in [3.05, 3.63) is 29.8 Å². The zero-order valence-corrected chi connectivity index (χ0v) is 7.28. The van der Waals surface area contributed by atoms with Gasteiger partial charge in [0.2, 0.25) is 6.08 Å². The van der Waals surface area contributed by atoms with Gasteiger partial charge in [-0.1, -0.05) is 19.1 Å². The van der Waals surface area contributed by atoms with Crippen molar-refractivity contribution in [1.29, 1.82) is 0 Å². The smallest absolute Gasteiger partial charge is 0.240 e. The summed E-state index contributed by atoms with van der Waals surface area (Å²) in [6, 6.07) is 6.63. The molecule has 0 aliphatic rings. The Balaban J connectivity index is 3.04. The molecule has 13 heavy (non-hydrogen) atoms. The fourth-order valence-electron chi connectivity index (χ4n) is 1.01. The second-order valence-corrected chi connectivity index (χ2v) is 2.53. The molecule has 0 radical (unpaired) electrons. The summed E-state index contributed by atoms with van der Waals surface area (Å²) >= 11 is 0. The normalized spacial score (nSPS) is 9.00. The van der Waals surface area contributed by atoms with E-state index < -0.39 is 0 Å². The Labute approximate surface area is 76.1 Å². The first-order valence-electron chi connectivity index (χ1n) is 3.99. The second kappa shape index (κ2) is 4.33. The van der Waals surface area contributed by atoms with E-state index >= 15 is 0 Å². The molecule has 66 valence electrons. The van der Waals surface area contributed by atoms with Gasteiger partial charge in [-0.15, -0.1) is 0 Å². The molecule has 0 aromatic heterocycles. The summed E-state index contributed by atoms with van der Waals surface area (Å²) in [4.78, 5) is 24.6. The SMILES string of the molecule is CCC(=O)c1cccc(N=C=O)c1. The third-order valence-electron chi connectivity index (χ3n) is 1.66. The number of rotatable bonds is 3. The summed E-state index contributed by atoms with van der Waals surface area (Å²) in [5.74, 6) is 0.0444. The molecule has 0 unspecified atom stereocenters. The minimum absolute atomic E-state index is 0.0444. The summed E-state index contributed by atoms with van der Waals surface area (Å²) in [6.07, 6.45) is 1.88. The molecule has 0 aliphatic carbocycles. The first-order chi connectivity index (χ1) is 6.27. The molecule has 0 N–H and O–H groups in total. The first-order valence-corrected chi connectivity index (χ1v) is 3.99. The lowest BCUT2D eigenvalue weighted by Gasteiger charge is -1.97. The van der Waals surface area contributed by atoms with Gasteiger partial charge < -0.3 is 0 Å². The molecule has 0 aliphatic heterocycles. The standard InChI is InChI=1S/C10H9NO2/c1-2-10(13)8-4-3-5-9(6-8)11-7-12/h3-6H,2H2,1H3. The molecule has 3 nitrogen and oxygen atoms in total. The lowest BCUT2D eigenvalue weighted by Crippen LogP contribution is -1.94. The van der Waals surface area contributed by atoms with Gasteiger partial charge in [-0.3, -0.25) is 4.79 Å². The number of aliphatic imine (C=N–C) groups is 1. The Hall–Kier alpha value is -1.73. The number of nitrogens with zero attached hydrogens (tertiary/aromatic N) is 1. The van der Waals surface area contributed by atoms with Crippen LogP contribution in [0.25, 0.3) is 0 Å². The highest BCUT2D eigenvalue weighted by atomic mass is 16.1. The topological polar surface area (TPSA) is 46.5 Å². The Morgan fingerprint density at radius 2 is 2.31 bits per heavy atom. The van der Waals surface area contributed by atoms with Gasteiger partial charge in [-0.05, 0) is 12.1 Å². The molecule has 0 spiro atoms. The number of carbonyl (C=O) groups is 1. The molecule has 0 fully saturated rings. The van der Waals surface area contributed by atoms with E-state index in [1.807, 2.05) is 0 Å². The maximum Gasteiger partial charge on any atom is 0.240 e. The van der Waals surface area contributed by atoms with E-state index in [0.29, 0.717) is 17.7 Å². The minimum atomic E-state index is 0.0444. The highest BCUT2D eigenvalue weighted by Crippen LogP contribution is 2.14. The minimum Gasteiger partial charge on any atom is -0.294 e. The number of hydrogen-bond donors (Lipinski definition) is 0. The van der Waals surface area contributed by atoms with Crippen molar-refractivity contribution in [3.63, 3.8) is 0 Å². The van der Waals surface area contributed by atoms with Crippen LogP contribution in [0.2, 0.25) is 0 Å². The van der Waals surface area contributed by atoms with E-state index in [-0.39, 0.29) is 5.78 Å². The molecular weight excluding hydrogens is 166 g/mol. The molecule has 0 saturated heterocycles. The lowest BCUT2D eigenvalue weighted by atomic mass is 10.1. The molecule has 1 aromatic rings. The van der Waals surface area contributed by atoms with E-state index in [1.54, 1.807) is 31.2 Å². The zero-order chi connectivity index (χ0) is 9.68. The average Bonchev–Trinajstić information content (AvgIpc) is 2.18. The van der Waals surface area contributed by atoms with Crippen molar-refractivity contribution in [2.24, 2.45) is 4.99 Å². The molecule has 0 bridgehead atoms. The fraction of sp³-hybridized carbons (Fsp3) is 0.200. The third-order valence-corrected chi connectivity index (χ3v) is 1.66. The number of isocyanates is 1. The molecule has 0 heterocycles. The van der Waals surface area contributed by atoms with Crippen LogP contribution in [0.1, 0.15) is 23.7 Å². The van der Waals surface area contributed by atoms with E-state index in [9.17, 15) is 9.59 Å². The zero-order valence-electron chi connectivity index (χ0n) is 7.28. The van der Waals surface area contributed by atoms with Crippen molar-refractivity contribution in [2.75, 3.05) is 0 Å². The van der Waals surface area contributed by atoms with Crippen LogP contribution in [0.4, 0.5) is 5.69 Å². The van der Waals surface area contributed by atoms with Gasteiger partial charge in [-0.25, -0.2) is 4.79 Å².